The fraction of sp³-hybridized carbons (Fsp3) is 0.214. The Balaban J connectivity index is 1.57. The van der Waals surface area contributed by atoms with Crippen molar-refractivity contribution in [3.8, 4) is 11.5 Å². The third kappa shape index (κ3) is 7.05. The largest absolute Gasteiger partial charge is 0.489 e. The van der Waals surface area contributed by atoms with E-state index >= 15 is 0 Å². The molecule has 34 heavy (non-hydrogen) atoms. The number of aliphatic imine (C=N–C) groups is 1. The number of hydrogen-bond donors (Lipinski definition) is 2. The van der Waals surface area contributed by atoms with Gasteiger partial charge in [-0.2, -0.15) is 0 Å². The van der Waals surface area contributed by atoms with Crippen LogP contribution < -0.4 is 20.3 Å². The van der Waals surface area contributed by atoms with E-state index in [4.69, 9.17) is 9.47 Å². The van der Waals surface area contributed by atoms with Crippen LogP contribution in [-0.4, -0.2) is 31.5 Å². The summed E-state index contributed by atoms with van der Waals surface area (Å²) in [6.07, 6.45) is 6.46. The van der Waals surface area contributed by atoms with Gasteiger partial charge in [0.25, 0.3) is 0 Å². The number of amidine groups is 1. The molecule has 0 saturated heterocycles. The Morgan fingerprint density at radius 1 is 1.00 bits per heavy atom. The quantitative estimate of drug-likeness (QED) is 0.175. The number of aromatic nitrogens is 1. The number of ether oxygens (including phenoxy) is 2. The van der Waals surface area contributed by atoms with Crippen LogP contribution in [0.2, 0.25) is 0 Å². The average Bonchev–Trinajstić information content (AvgIpc) is 2.88. The molecule has 176 valence electrons. The number of benzene rings is 2. The number of hydrazine groups is 1. The van der Waals surface area contributed by atoms with Crippen molar-refractivity contribution in [1.82, 2.24) is 15.8 Å². The zero-order chi connectivity index (χ0) is 24.2. The summed E-state index contributed by atoms with van der Waals surface area (Å²) < 4.78 is 12.0. The van der Waals surface area contributed by atoms with Gasteiger partial charge in [0.1, 0.15) is 30.5 Å². The maximum Gasteiger partial charge on any atom is 0.130 e. The lowest BCUT2D eigenvalue weighted by molar-refractivity contribution is 0.300. The molecule has 1 aromatic heterocycles. The number of rotatable bonds is 11. The van der Waals surface area contributed by atoms with Gasteiger partial charge < -0.3 is 14.9 Å². The number of nitrogens with zero attached hydrogens (tertiary/aromatic N) is 2. The molecule has 0 fully saturated rings. The van der Waals surface area contributed by atoms with Crippen molar-refractivity contribution in [3.63, 3.8) is 0 Å². The van der Waals surface area contributed by atoms with Crippen LogP contribution in [0.5, 0.6) is 11.5 Å². The zero-order valence-electron chi connectivity index (χ0n) is 20.0. The molecular formula is C28H32N4O2. The molecule has 3 rings (SSSR count). The second kappa shape index (κ2) is 13.0. The van der Waals surface area contributed by atoms with Gasteiger partial charge in [0.2, 0.25) is 0 Å². The van der Waals surface area contributed by atoms with E-state index < -0.39 is 0 Å². The number of nitrogens with one attached hydrogen (secondary N) is 2. The van der Waals surface area contributed by atoms with Crippen LogP contribution in [0.3, 0.4) is 0 Å². The molecule has 0 aliphatic rings. The highest BCUT2D eigenvalue weighted by Gasteiger charge is 2.09. The van der Waals surface area contributed by atoms with Gasteiger partial charge in [0.05, 0.1) is 11.2 Å². The highest BCUT2D eigenvalue weighted by atomic mass is 16.5. The first-order valence-corrected chi connectivity index (χ1v) is 11.2. The van der Waals surface area contributed by atoms with Crippen LogP contribution in [0, 0.1) is 0 Å². The van der Waals surface area contributed by atoms with Gasteiger partial charge in [-0.3, -0.25) is 4.99 Å². The molecule has 1 heterocycles. The molecule has 0 saturated carbocycles. The van der Waals surface area contributed by atoms with E-state index in [9.17, 15) is 0 Å². The van der Waals surface area contributed by atoms with Crippen molar-refractivity contribution in [3.05, 3.63) is 102 Å². The Labute approximate surface area is 201 Å². The van der Waals surface area contributed by atoms with E-state index in [1.807, 2.05) is 68.6 Å². The SMILES string of the molecule is C=C/C=C(CC(=NC)NNC)\C(=C/C)COc1ccc(OCc2ccc3ccccc3n2)cc1. The summed E-state index contributed by atoms with van der Waals surface area (Å²) in [5.74, 6) is 2.37. The van der Waals surface area contributed by atoms with E-state index in [1.54, 1.807) is 13.1 Å². The zero-order valence-corrected chi connectivity index (χ0v) is 20.0. The lowest BCUT2D eigenvalue weighted by Gasteiger charge is -2.15. The number of para-hydroxylation sites is 1. The second-order valence-electron chi connectivity index (χ2n) is 7.51. The van der Waals surface area contributed by atoms with Crippen LogP contribution in [0.15, 0.2) is 102 Å². The van der Waals surface area contributed by atoms with Gasteiger partial charge in [-0.15, -0.1) is 0 Å². The van der Waals surface area contributed by atoms with E-state index in [2.05, 4.69) is 45.6 Å². The molecule has 0 atom stereocenters. The molecule has 0 aliphatic carbocycles. The van der Waals surface area contributed by atoms with Crippen LogP contribution >= 0.6 is 0 Å². The number of allylic oxidation sites excluding steroid dienone is 3. The van der Waals surface area contributed by atoms with Gasteiger partial charge in [0, 0.05) is 25.9 Å². The van der Waals surface area contributed by atoms with E-state index in [0.29, 0.717) is 19.6 Å². The Kier molecular flexibility index (Phi) is 9.43. The third-order valence-electron chi connectivity index (χ3n) is 5.24. The number of hydrogen-bond acceptors (Lipinski definition) is 5. The van der Waals surface area contributed by atoms with Crippen LogP contribution in [0.4, 0.5) is 0 Å². The molecule has 0 radical (unpaired) electrons. The van der Waals surface area contributed by atoms with Crippen molar-refractivity contribution in [2.24, 2.45) is 4.99 Å². The van der Waals surface area contributed by atoms with Crippen molar-refractivity contribution in [2.75, 3.05) is 20.7 Å². The second-order valence-corrected chi connectivity index (χ2v) is 7.51. The van der Waals surface area contributed by atoms with Crippen molar-refractivity contribution >= 4 is 16.7 Å². The normalized spacial score (nSPS) is 12.5. The molecule has 6 heteroatoms. The van der Waals surface area contributed by atoms with Gasteiger partial charge in [-0.1, -0.05) is 49.1 Å². The molecule has 3 aromatic rings. The van der Waals surface area contributed by atoms with Crippen LogP contribution in [-0.2, 0) is 6.61 Å². The molecule has 6 nitrogen and oxygen atoms in total. The van der Waals surface area contributed by atoms with E-state index in [-0.39, 0.29) is 0 Å². The van der Waals surface area contributed by atoms with Crippen molar-refractivity contribution in [1.29, 1.82) is 0 Å². The summed E-state index contributed by atoms with van der Waals surface area (Å²) in [5, 5.41) is 1.12. The first-order chi connectivity index (χ1) is 16.7. The summed E-state index contributed by atoms with van der Waals surface area (Å²) in [5.41, 5.74) is 9.98. The first-order valence-electron chi connectivity index (χ1n) is 11.2. The average molecular weight is 457 g/mol. The predicted octanol–water partition coefficient (Wildman–Crippen LogP) is 5.39. The first kappa shape index (κ1) is 24.7. The number of fused-ring (bicyclic) bond motifs is 1. The monoisotopic (exact) mass is 456 g/mol. The highest BCUT2D eigenvalue weighted by molar-refractivity contribution is 5.85. The van der Waals surface area contributed by atoms with E-state index in [0.717, 1.165) is 45.1 Å². The summed E-state index contributed by atoms with van der Waals surface area (Å²) in [4.78, 5) is 8.93. The summed E-state index contributed by atoms with van der Waals surface area (Å²) in [7, 11) is 3.57. The highest BCUT2D eigenvalue weighted by Crippen LogP contribution is 2.22. The minimum atomic E-state index is 0.408. The number of pyridine rings is 1. The molecule has 0 spiro atoms. The molecule has 2 aromatic carbocycles. The Hall–Kier alpha value is -3.90. The maximum atomic E-state index is 6.04. The van der Waals surface area contributed by atoms with Gasteiger partial charge in [0.15, 0.2) is 0 Å². The lowest BCUT2D eigenvalue weighted by Crippen LogP contribution is -2.34. The summed E-state index contributed by atoms with van der Waals surface area (Å²) in [6.45, 7) is 6.69. The Morgan fingerprint density at radius 2 is 1.74 bits per heavy atom. The minimum Gasteiger partial charge on any atom is -0.489 e. The van der Waals surface area contributed by atoms with Crippen molar-refractivity contribution < 1.29 is 9.47 Å². The molecule has 2 N–H and O–H groups in total. The summed E-state index contributed by atoms with van der Waals surface area (Å²) in [6, 6.07) is 19.8. The molecule has 0 aliphatic heterocycles. The fourth-order valence-electron chi connectivity index (χ4n) is 3.43. The fourth-order valence-corrected chi connectivity index (χ4v) is 3.43. The topological polar surface area (TPSA) is 67.8 Å². The lowest BCUT2D eigenvalue weighted by atomic mass is 10.0. The Morgan fingerprint density at radius 3 is 2.41 bits per heavy atom. The molecule has 0 bridgehead atoms. The summed E-state index contributed by atoms with van der Waals surface area (Å²) >= 11 is 0. The molecule has 0 unspecified atom stereocenters. The smallest absolute Gasteiger partial charge is 0.130 e. The minimum absolute atomic E-state index is 0.408. The maximum absolute atomic E-state index is 6.04. The van der Waals surface area contributed by atoms with E-state index in [1.165, 1.54) is 0 Å². The van der Waals surface area contributed by atoms with Crippen LogP contribution in [0.25, 0.3) is 10.9 Å². The predicted molar refractivity (Wildman–Crippen MR) is 140 cm³/mol. The Bertz CT molecular complexity index is 1180. The van der Waals surface area contributed by atoms with Gasteiger partial charge in [-0.05, 0) is 54.5 Å². The standard InChI is InChI=1S/C28H32N4O2/c1-5-9-23(18-28(29-3)32-30-4)21(6-2)19-33-25-14-16-26(17-15-25)34-20-24-13-12-22-10-7-8-11-27(22)31-24/h5-17,30H,1,18-20H2,2-4H3,(H,29,32)/b21-6-,23-9-. The molecule has 0 amide bonds. The van der Waals surface area contributed by atoms with Crippen LogP contribution in [0.1, 0.15) is 19.0 Å². The van der Waals surface area contributed by atoms with Gasteiger partial charge >= 0.3 is 0 Å². The molecular weight excluding hydrogens is 424 g/mol. The van der Waals surface area contributed by atoms with Crippen molar-refractivity contribution in [2.45, 2.75) is 20.0 Å². The third-order valence-corrected chi connectivity index (χ3v) is 5.24. The van der Waals surface area contributed by atoms with Gasteiger partial charge in [-0.25, -0.2) is 10.4 Å².